The maximum atomic E-state index is 13.0. The number of hydrogen-bond acceptors (Lipinski definition) is 3. The Hall–Kier alpha value is -1.26. The van der Waals surface area contributed by atoms with Crippen molar-refractivity contribution < 1.29 is 14.3 Å². The van der Waals surface area contributed by atoms with E-state index >= 15 is 0 Å². The van der Waals surface area contributed by atoms with Gasteiger partial charge in [0.05, 0.1) is 6.61 Å². The highest BCUT2D eigenvalue weighted by atomic mass is 19.1. The molecule has 3 nitrogen and oxygen atoms in total. The Labute approximate surface area is 107 Å². The lowest BCUT2D eigenvalue weighted by atomic mass is 10.1. The quantitative estimate of drug-likeness (QED) is 0.721. The zero-order valence-electron chi connectivity index (χ0n) is 10.7. The lowest BCUT2D eigenvalue weighted by Gasteiger charge is -2.19. The number of carbonyl (C=O) groups is 1. The summed E-state index contributed by atoms with van der Waals surface area (Å²) in [5.74, 6) is -0.449. The Kier molecular flexibility index (Phi) is 6.54. The van der Waals surface area contributed by atoms with Gasteiger partial charge in [-0.1, -0.05) is 19.1 Å². The lowest BCUT2D eigenvalue weighted by Crippen LogP contribution is -2.30. The molecule has 0 saturated carbocycles. The second-order valence-corrected chi connectivity index (χ2v) is 4.25. The molecule has 0 atom stereocenters. The van der Waals surface area contributed by atoms with E-state index in [1.54, 1.807) is 12.1 Å². The van der Waals surface area contributed by atoms with Crippen LogP contribution in [0.25, 0.3) is 0 Å². The van der Waals surface area contributed by atoms with Crippen LogP contribution in [0.2, 0.25) is 0 Å². The van der Waals surface area contributed by atoms with Crippen molar-refractivity contribution in [3.8, 4) is 0 Å². The summed E-state index contributed by atoms with van der Waals surface area (Å²) < 4.78 is 13.0. The van der Waals surface area contributed by atoms with Crippen LogP contribution in [0.1, 0.15) is 30.1 Å². The summed E-state index contributed by atoms with van der Waals surface area (Å²) in [6, 6.07) is 5.76. The molecule has 0 aromatic heterocycles. The third-order valence-electron chi connectivity index (χ3n) is 2.76. The molecule has 4 heteroatoms. The highest BCUT2D eigenvalue weighted by Crippen LogP contribution is 2.07. The third-order valence-corrected chi connectivity index (χ3v) is 2.76. The lowest BCUT2D eigenvalue weighted by molar-refractivity contribution is 0.0956. The fourth-order valence-electron chi connectivity index (χ4n) is 1.86. The molecule has 1 aromatic carbocycles. The summed E-state index contributed by atoms with van der Waals surface area (Å²) in [5.41, 5.74) is 0.412. The highest BCUT2D eigenvalue weighted by Gasteiger charge is 2.09. The average Bonchev–Trinajstić information content (AvgIpc) is 2.36. The van der Waals surface area contributed by atoms with Crippen molar-refractivity contribution in [3.63, 3.8) is 0 Å². The first-order valence-electron chi connectivity index (χ1n) is 6.29. The van der Waals surface area contributed by atoms with Crippen LogP contribution in [0.5, 0.6) is 0 Å². The second kappa shape index (κ2) is 7.95. The van der Waals surface area contributed by atoms with Crippen molar-refractivity contribution >= 4 is 5.78 Å². The molecule has 0 spiro atoms. The number of ketones is 1. The van der Waals surface area contributed by atoms with Gasteiger partial charge in [-0.3, -0.25) is 4.79 Å². The van der Waals surface area contributed by atoms with Crippen molar-refractivity contribution in [3.05, 3.63) is 35.6 Å². The molecule has 1 aromatic rings. The fraction of sp³-hybridized carbons (Fsp3) is 0.500. The van der Waals surface area contributed by atoms with Crippen LogP contribution >= 0.6 is 0 Å². The Balaban J connectivity index is 2.49. The van der Waals surface area contributed by atoms with Gasteiger partial charge >= 0.3 is 0 Å². The maximum absolute atomic E-state index is 13.0. The van der Waals surface area contributed by atoms with E-state index in [4.69, 9.17) is 5.11 Å². The summed E-state index contributed by atoms with van der Waals surface area (Å²) in [4.78, 5) is 13.9. The van der Waals surface area contributed by atoms with Gasteiger partial charge in [-0.05, 0) is 25.1 Å². The van der Waals surface area contributed by atoms with E-state index in [-0.39, 0.29) is 18.2 Å². The topological polar surface area (TPSA) is 40.5 Å². The number of aliphatic hydroxyl groups is 1. The summed E-state index contributed by atoms with van der Waals surface area (Å²) in [5, 5.41) is 8.91. The molecular weight excluding hydrogens is 233 g/mol. The van der Waals surface area contributed by atoms with E-state index in [0.717, 1.165) is 13.0 Å². The molecular formula is C14H20FNO2. The van der Waals surface area contributed by atoms with E-state index < -0.39 is 0 Å². The molecule has 0 aliphatic heterocycles. The molecule has 1 N–H and O–H groups in total. The number of benzene rings is 1. The first-order chi connectivity index (χ1) is 8.67. The van der Waals surface area contributed by atoms with Gasteiger partial charge in [-0.2, -0.15) is 0 Å². The predicted molar refractivity (Wildman–Crippen MR) is 69.2 cm³/mol. The van der Waals surface area contributed by atoms with Crippen molar-refractivity contribution in [2.24, 2.45) is 0 Å². The Bertz CT molecular complexity index is 376. The van der Waals surface area contributed by atoms with Crippen LogP contribution in [0.4, 0.5) is 4.39 Å². The zero-order valence-corrected chi connectivity index (χ0v) is 10.7. The van der Waals surface area contributed by atoms with Gasteiger partial charge in [-0.25, -0.2) is 4.39 Å². The molecule has 0 bridgehead atoms. The van der Waals surface area contributed by atoms with Gasteiger partial charge in [0.15, 0.2) is 5.78 Å². The van der Waals surface area contributed by atoms with Crippen LogP contribution in [0, 0.1) is 5.82 Å². The molecule has 0 unspecified atom stereocenters. The number of halogens is 1. The van der Waals surface area contributed by atoms with Crippen molar-refractivity contribution in [1.29, 1.82) is 0 Å². The van der Waals surface area contributed by atoms with Crippen LogP contribution in [-0.2, 0) is 0 Å². The summed E-state index contributed by atoms with van der Waals surface area (Å²) in [6.45, 7) is 4.18. The predicted octanol–water partition coefficient (Wildman–Crippen LogP) is 2.10. The number of aliphatic hydroxyl groups excluding tert-OH is 1. The van der Waals surface area contributed by atoms with E-state index in [0.29, 0.717) is 25.1 Å². The Morgan fingerprint density at radius 1 is 1.33 bits per heavy atom. The van der Waals surface area contributed by atoms with Crippen molar-refractivity contribution in [2.45, 2.75) is 19.8 Å². The minimum Gasteiger partial charge on any atom is -0.395 e. The third kappa shape index (κ3) is 4.94. The summed E-state index contributed by atoms with van der Waals surface area (Å²) in [6.07, 6.45) is 1.33. The first kappa shape index (κ1) is 14.8. The molecule has 0 aliphatic carbocycles. The monoisotopic (exact) mass is 253 g/mol. The van der Waals surface area contributed by atoms with Crippen molar-refractivity contribution in [1.82, 2.24) is 4.90 Å². The van der Waals surface area contributed by atoms with E-state index in [9.17, 15) is 9.18 Å². The second-order valence-electron chi connectivity index (χ2n) is 4.25. The smallest absolute Gasteiger partial charge is 0.164 e. The van der Waals surface area contributed by atoms with Gasteiger partial charge in [0.2, 0.25) is 0 Å². The van der Waals surface area contributed by atoms with Gasteiger partial charge in [-0.15, -0.1) is 0 Å². The summed E-state index contributed by atoms with van der Waals surface area (Å²) in [7, 11) is 0. The molecule has 0 amide bonds. The molecule has 0 aliphatic rings. The molecule has 18 heavy (non-hydrogen) atoms. The van der Waals surface area contributed by atoms with Gasteiger partial charge in [0.25, 0.3) is 0 Å². The van der Waals surface area contributed by atoms with Crippen LogP contribution < -0.4 is 0 Å². The van der Waals surface area contributed by atoms with Gasteiger partial charge in [0, 0.05) is 25.1 Å². The maximum Gasteiger partial charge on any atom is 0.164 e. The normalized spacial score (nSPS) is 10.9. The van der Waals surface area contributed by atoms with E-state index in [1.807, 2.05) is 4.90 Å². The number of rotatable bonds is 8. The van der Waals surface area contributed by atoms with Gasteiger partial charge in [0.1, 0.15) is 5.82 Å². The highest BCUT2D eigenvalue weighted by molar-refractivity contribution is 5.96. The van der Waals surface area contributed by atoms with E-state index in [2.05, 4.69) is 6.92 Å². The number of nitrogens with zero attached hydrogens (tertiary/aromatic N) is 1. The van der Waals surface area contributed by atoms with Crippen LogP contribution in [-0.4, -0.2) is 42.0 Å². The standard InChI is InChI=1S/C14H20FNO2/c1-2-7-16(9-10-17)8-6-14(18)12-4-3-5-13(15)11-12/h3-5,11,17H,2,6-10H2,1H3. The minimum atomic E-state index is -0.387. The Morgan fingerprint density at radius 3 is 2.72 bits per heavy atom. The average molecular weight is 253 g/mol. The van der Waals surface area contributed by atoms with Gasteiger partial charge < -0.3 is 10.0 Å². The van der Waals surface area contributed by atoms with Crippen LogP contribution in [0.15, 0.2) is 24.3 Å². The molecule has 0 heterocycles. The number of hydrogen-bond donors (Lipinski definition) is 1. The minimum absolute atomic E-state index is 0.0615. The fourth-order valence-corrected chi connectivity index (χ4v) is 1.86. The number of carbonyl (C=O) groups excluding carboxylic acids is 1. The zero-order chi connectivity index (χ0) is 13.4. The molecule has 0 saturated heterocycles. The van der Waals surface area contributed by atoms with E-state index in [1.165, 1.54) is 12.1 Å². The largest absolute Gasteiger partial charge is 0.395 e. The summed E-state index contributed by atoms with van der Waals surface area (Å²) >= 11 is 0. The molecule has 0 fully saturated rings. The first-order valence-corrected chi connectivity index (χ1v) is 6.29. The molecule has 0 radical (unpaired) electrons. The Morgan fingerprint density at radius 2 is 2.11 bits per heavy atom. The molecule has 1 rings (SSSR count). The number of Topliss-reactive ketones (excluding diaryl/α,β-unsaturated/α-hetero) is 1. The van der Waals surface area contributed by atoms with Crippen molar-refractivity contribution in [2.75, 3.05) is 26.2 Å². The molecule has 100 valence electrons. The SMILES string of the molecule is CCCN(CCO)CCC(=O)c1cccc(F)c1. The van der Waals surface area contributed by atoms with Crippen LogP contribution in [0.3, 0.4) is 0 Å².